The Morgan fingerprint density at radius 1 is 1.27 bits per heavy atom. The zero-order chi connectivity index (χ0) is 16.0. The second-order valence-electron chi connectivity index (χ2n) is 5.74. The second-order valence-corrected chi connectivity index (χ2v) is 8.90. The third-order valence-electron chi connectivity index (χ3n) is 3.72. The number of thioether (sulfide) groups is 1. The molecule has 0 bridgehead atoms. The molecular weight excluding hydrogens is 324 g/mol. The van der Waals surface area contributed by atoms with Gasteiger partial charge in [0.15, 0.2) is 5.60 Å². The third kappa shape index (κ3) is 2.70. The molecule has 1 fully saturated rings. The van der Waals surface area contributed by atoms with Crippen LogP contribution in [0.3, 0.4) is 0 Å². The molecular formula is C14H18N2O4S2. The zero-order valence-electron chi connectivity index (χ0n) is 12.5. The van der Waals surface area contributed by atoms with Gasteiger partial charge in [-0.25, -0.2) is 8.42 Å². The quantitative estimate of drug-likeness (QED) is 0.882. The van der Waals surface area contributed by atoms with Gasteiger partial charge in [-0.05, 0) is 26.0 Å². The SMILES string of the molecule is CC1(C)Oc2cc(S(=O)(=O)N3CCSCC3)ccc2NC1=O. The van der Waals surface area contributed by atoms with Gasteiger partial charge in [0.1, 0.15) is 5.75 Å². The first kappa shape index (κ1) is 15.6. The van der Waals surface area contributed by atoms with Crippen LogP contribution in [-0.4, -0.2) is 48.8 Å². The largest absolute Gasteiger partial charge is 0.476 e. The molecule has 0 atom stereocenters. The predicted octanol–water partition coefficient (Wildman–Crippen LogP) is 1.53. The highest BCUT2D eigenvalue weighted by atomic mass is 32.2. The van der Waals surface area contributed by atoms with Crippen LogP contribution in [0.15, 0.2) is 23.1 Å². The Hall–Kier alpha value is -1.25. The maximum absolute atomic E-state index is 12.7. The van der Waals surface area contributed by atoms with E-state index >= 15 is 0 Å². The number of hydrogen-bond acceptors (Lipinski definition) is 5. The van der Waals surface area contributed by atoms with Gasteiger partial charge in [-0.2, -0.15) is 16.1 Å². The number of ether oxygens (including phenoxy) is 1. The molecule has 1 saturated heterocycles. The lowest BCUT2D eigenvalue weighted by Crippen LogP contribution is -2.45. The van der Waals surface area contributed by atoms with Gasteiger partial charge < -0.3 is 10.1 Å². The molecule has 0 saturated carbocycles. The van der Waals surface area contributed by atoms with Gasteiger partial charge in [0.2, 0.25) is 10.0 Å². The standard InChI is InChI=1S/C14H18N2O4S2/c1-14(2)13(17)15-11-4-3-10(9-12(11)20-14)22(18,19)16-5-7-21-8-6-16/h3-4,9H,5-8H2,1-2H3,(H,15,17). The summed E-state index contributed by atoms with van der Waals surface area (Å²) in [5.41, 5.74) is -0.519. The maximum Gasteiger partial charge on any atom is 0.268 e. The number of anilines is 1. The van der Waals surface area contributed by atoms with Crippen molar-refractivity contribution in [3.05, 3.63) is 18.2 Å². The van der Waals surface area contributed by atoms with Crippen LogP contribution in [0.1, 0.15) is 13.8 Å². The Bertz CT molecular complexity index is 710. The first-order valence-electron chi connectivity index (χ1n) is 7.03. The predicted molar refractivity (Wildman–Crippen MR) is 85.9 cm³/mol. The molecule has 2 aliphatic rings. The van der Waals surface area contributed by atoms with Crippen molar-refractivity contribution in [2.45, 2.75) is 24.3 Å². The van der Waals surface area contributed by atoms with Crippen molar-refractivity contribution < 1.29 is 17.9 Å². The first-order valence-corrected chi connectivity index (χ1v) is 9.63. The number of fused-ring (bicyclic) bond motifs is 1. The van der Waals surface area contributed by atoms with Gasteiger partial charge in [0, 0.05) is 30.7 Å². The van der Waals surface area contributed by atoms with Crippen LogP contribution in [-0.2, 0) is 14.8 Å². The van der Waals surface area contributed by atoms with Crippen LogP contribution >= 0.6 is 11.8 Å². The van der Waals surface area contributed by atoms with Crippen molar-refractivity contribution >= 4 is 33.4 Å². The fourth-order valence-electron chi connectivity index (χ4n) is 2.38. The van der Waals surface area contributed by atoms with Crippen molar-refractivity contribution in [3.8, 4) is 5.75 Å². The fraction of sp³-hybridized carbons (Fsp3) is 0.500. The van der Waals surface area contributed by atoms with Crippen molar-refractivity contribution in [1.29, 1.82) is 0 Å². The van der Waals surface area contributed by atoms with Crippen molar-refractivity contribution in [2.24, 2.45) is 0 Å². The van der Waals surface area contributed by atoms with Crippen LogP contribution in [0.4, 0.5) is 5.69 Å². The van der Waals surface area contributed by atoms with Gasteiger partial charge in [0.25, 0.3) is 5.91 Å². The lowest BCUT2D eigenvalue weighted by molar-refractivity contribution is -0.129. The molecule has 0 unspecified atom stereocenters. The molecule has 0 spiro atoms. The Labute approximate surface area is 134 Å². The highest BCUT2D eigenvalue weighted by Gasteiger charge is 2.36. The Balaban J connectivity index is 1.95. The van der Waals surface area contributed by atoms with Crippen LogP contribution in [0.25, 0.3) is 0 Å². The van der Waals surface area contributed by atoms with Crippen LogP contribution in [0, 0.1) is 0 Å². The van der Waals surface area contributed by atoms with E-state index in [9.17, 15) is 13.2 Å². The van der Waals surface area contributed by atoms with Gasteiger partial charge >= 0.3 is 0 Å². The van der Waals surface area contributed by atoms with E-state index in [0.717, 1.165) is 11.5 Å². The lowest BCUT2D eigenvalue weighted by atomic mass is 10.1. The number of nitrogens with one attached hydrogen (secondary N) is 1. The number of sulfonamides is 1. The molecule has 22 heavy (non-hydrogen) atoms. The summed E-state index contributed by atoms with van der Waals surface area (Å²) in [5, 5.41) is 2.73. The number of benzene rings is 1. The molecule has 0 radical (unpaired) electrons. The molecule has 2 heterocycles. The van der Waals surface area contributed by atoms with Gasteiger partial charge in [-0.15, -0.1) is 0 Å². The summed E-state index contributed by atoms with van der Waals surface area (Å²) in [4.78, 5) is 12.0. The van der Waals surface area contributed by atoms with Gasteiger partial charge in [-0.3, -0.25) is 4.79 Å². The second kappa shape index (κ2) is 5.43. The molecule has 1 aromatic carbocycles. The van der Waals surface area contributed by atoms with E-state index in [0.29, 0.717) is 24.5 Å². The highest BCUT2D eigenvalue weighted by Crippen LogP contribution is 2.36. The number of hydrogen-bond donors (Lipinski definition) is 1. The van der Waals surface area contributed by atoms with Crippen LogP contribution in [0.5, 0.6) is 5.75 Å². The molecule has 8 heteroatoms. The first-order chi connectivity index (χ1) is 10.3. The van der Waals surface area contributed by atoms with Crippen molar-refractivity contribution in [3.63, 3.8) is 0 Å². The fourth-order valence-corrected chi connectivity index (χ4v) is 4.97. The van der Waals surface area contributed by atoms with Crippen LogP contribution in [0.2, 0.25) is 0 Å². The lowest BCUT2D eigenvalue weighted by Gasteiger charge is -2.32. The van der Waals surface area contributed by atoms with E-state index in [1.807, 2.05) is 0 Å². The summed E-state index contributed by atoms with van der Waals surface area (Å²) in [6, 6.07) is 4.58. The topological polar surface area (TPSA) is 75.7 Å². The Kier molecular flexibility index (Phi) is 3.86. The van der Waals surface area contributed by atoms with Crippen molar-refractivity contribution in [1.82, 2.24) is 4.31 Å². The Morgan fingerprint density at radius 3 is 2.64 bits per heavy atom. The van der Waals surface area contributed by atoms with Gasteiger partial charge in [-0.1, -0.05) is 0 Å². The molecule has 1 N–H and O–H groups in total. The molecule has 2 aliphatic heterocycles. The summed E-state index contributed by atoms with van der Waals surface area (Å²) >= 11 is 1.75. The molecule has 0 aliphatic carbocycles. The summed E-state index contributed by atoms with van der Waals surface area (Å²) < 4.78 is 32.5. The molecule has 3 rings (SSSR count). The smallest absolute Gasteiger partial charge is 0.268 e. The minimum absolute atomic E-state index is 0.199. The number of carbonyl (C=O) groups excluding carboxylic acids is 1. The maximum atomic E-state index is 12.7. The average molecular weight is 342 g/mol. The number of amides is 1. The monoisotopic (exact) mass is 342 g/mol. The average Bonchev–Trinajstić information content (AvgIpc) is 2.48. The Morgan fingerprint density at radius 2 is 1.95 bits per heavy atom. The number of rotatable bonds is 2. The normalized spacial score (nSPS) is 21.6. The van der Waals surface area contributed by atoms with E-state index in [2.05, 4.69) is 5.32 Å². The summed E-state index contributed by atoms with van der Waals surface area (Å²) in [6.07, 6.45) is 0. The van der Waals surface area contributed by atoms with Crippen LogP contribution < -0.4 is 10.1 Å². The van der Waals surface area contributed by atoms with E-state index < -0.39 is 15.6 Å². The highest BCUT2D eigenvalue weighted by molar-refractivity contribution is 7.99. The van der Waals surface area contributed by atoms with Gasteiger partial charge in [0.05, 0.1) is 10.6 Å². The third-order valence-corrected chi connectivity index (χ3v) is 6.56. The van der Waals surface area contributed by atoms with E-state index in [-0.39, 0.29) is 10.8 Å². The molecule has 120 valence electrons. The number of nitrogens with zero attached hydrogens (tertiary/aromatic N) is 1. The summed E-state index contributed by atoms with van der Waals surface area (Å²) in [6.45, 7) is 4.34. The molecule has 0 aromatic heterocycles. The number of carbonyl (C=O) groups is 1. The minimum atomic E-state index is -3.52. The molecule has 6 nitrogen and oxygen atoms in total. The molecule has 1 aromatic rings. The van der Waals surface area contributed by atoms with E-state index in [1.165, 1.54) is 16.4 Å². The zero-order valence-corrected chi connectivity index (χ0v) is 14.1. The van der Waals surface area contributed by atoms with E-state index in [4.69, 9.17) is 4.74 Å². The van der Waals surface area contributed by atoms with E-state index in [1.54, 1.807) is 31.7 Å². The van der Waals surface area contributed by atoms with Crippen molar-refractivity contribution in [2.75, 3.05) is 29.9 Å². The summed E-state index contributed by atoms with van der Waals surface area (Å²) in [7, 11) is -3.52. The summed E-state index contributed by atoms with van der Waals surface area (Å²) in [5.74, 6) is 1.76. The molecule has 1 amide bonds. The minimum Gasteiger partial charge on any atom is -0.476 e.